The van der Waals surface area contributed by atoms with Gasteiger partial charge in [-0.2, -0.15) is 0 Å². The lowest BCUT2D eigenvalue weighted by Crippen LogP contribution is -2.31. The first kappa shape index (κ1) is 34.5. The van der Waals surface area contributed by atoms with Gasteiger partial charge in [-0.15, -0.1) is 6.58 Å². The van der Waals surface area contributed by atoms with E-state index in [0.717, 1.165) is 48.7 Å². The molecule has 0 spiro atoms. The van der Waals surface area contributed by atoms with Crippen molar-refractivity contribution in [3.63, 3.8) is 0 Å². The number of hydrogen-bond donors (Lipinski definition) is 0. The third-order valence-electron chi connectivity index (χ3n) is 9.84. The van der Waals surface area contributed by atoms with Gasteiger partial charge in [-0.1, -0.05) is 111 Å². The number of hydrogen-bond acceptors (Lipinski definition) is 2. The highest BCUT2D eigenvalue weighted by Gasteiger charge is 2.24. The zero-order valence-corrected chi connectivity index (χ0v) is 30.2. The van der Waals surface area contributed by atoms with Crippen LogP contribution in [-0.4, -0.2) is 0 Å². The molecule has 50 heavy (non-hydrogen) atoms. The number of aryl methyl sites for hydroxylation is 2. The van der Waals surface area contributed by atoms with Gasteiger partial charge in [0.05, 0.1) is 0 Å². The Labute approximate surface area is 299 Å². The summed E-state index contributed by atoms with van der Waals surface area (Å²) in [5, 5.41) is 2.24. The second-order valence-corrected chi connectivity index (χ2v) is 13.3. The van der Waals surface area contributed by atoms with Crippen molar-refractivity contribution >= 4 is 29.3 Å². The van der Waals surface area contributed by atoms with Crippen molar-refractivity contribution in [3.05, 3.63) is 185 Å². The van der Waals surface area contributed by atoms with E-state index in [0.29, 0.717) is 5.92 Å². The Balaban J connectivity index is 1.44. The van der Waals surface area contributed by atoms with Crippen LogP contribution in [0.25, 0.3) is 23.4 Å². The van der Waals surface area contributed by atoms with Crippen molar-refractivity contribution in [2.45, 2.75) is 59.8 Å². The monoisotopic (exact) mass is 654 g/mol. The molecular formula is C48H50N2. The summed E-state index contributed by atoms with van der Waals surface area (Å²) in [4.78, 5) is 4.90. The number of allylic oxidation sites excluding steroid dienone is 10. The smallest absolute Gasteiger partial charge is 0.0493 e. The summed E-state index contributed by atoms with van der Waals surface area (Å²) in [6.45, 7) is 17.4. The predicted molar refractivity (Wildman–Crippen MR) is 218 cm³/mol. The molecule has 252 valence electrons. The van der Waals surface area contributed by atoms with Gasteiger partial charge < -0.3 is 9.80 Å². The van der Waals surface area contributed by atoms with Crippen molar-refractivity contribution in [2.75, 3.05) is 9.80 Å². The van der Waals surface area contributed by atoms with Gasteiger partial charge in [0.1, 0.15) is 0 Å². The van der Waals surface area contributed by atoms with E-state index in [2.05, 4.69) is 190 Å². The average molecular weight is 655 g/mol. The van der Waals surface area contributed by atoms with Crippen molar-refractivity contribution in [3.8, 4) is 11.1 Å². The molecule has 0 N–H and O–H groups in total. The van der Waals surface area contributed by atoms with Crippen LogP contribution < -0.4 is 20.2 Å². The summed E-state index contributed by atoms with van der Waals surface area (Å²) in [7, 11) is 0. The summed E-state index contributed by atoms with van der Waals surface area (Å²) in [5.41, 5.74) is 13.7. The molecule has 0 radical (unpaired) electrons. The van der Waals surface area contributed by atoms with Crippen molar-refractivity contribution in [2.24, 2.45) is 5.92 Å². The zero-order valence-electron chi connectivity index (χ0n) is 30.2. The van der Waals surface area contributed by atoms with Crippen molar-refractivity contribution in [1.82, 2.24) is 0 Å². The molecule has 1 atom stereocenters. The van der Waals surface area contributed by atoms with Gasteiger partial charge in [0.2, 0.25) is 0 Å². The number of rotatable bonds is 11. The SMILES string of the molecule is C=CC1CC=CC(N(C2=CC=CCC2)c2ccc(-c3ccc(N(/C(CCC)=c4\ccccc4=C)c4ccccc4)cc3C)c(C)c2)=C1/C=C\C. The lowest BCUT2D eigenvalue weighted by atomic mass is 9.88. The second kappa shape index (κ2) is 15.9. The lowest BCUT2D eigenvalue weighted by Gasteiger charge is -2.34. The molecule has 1 unspecified atom stereocenters. The molecule has 0 fully saturated rings. The maximum absolute atomic E-state index is 4.40. The van der Waals surface area contributed by atoms with E-state index >= 15 is 0 Å². The van der Waals surface area contributed by atoms with Crippen LogP contribution in [0.4, 0.5) is 17.1 Å². The molecule has 2 aliphatic carbocycles. The summed E-state index contributed by atoms with van der Waals surface area (Å²) in [5.74, 6) is 0.294. The molecular weight excluding hydrogens is 605 g/mol. The van der Waals surface area contributed by atoms with E-state index in [1.54, 1.807) is 0 Å². The highest BCUT2D eigenvalue weighted by atomic mass is 15.2. The Morgan fingerprint density at radius 1 is 0.840 bits per heavy atom. The fourth-order valence-electron chi connectivity index (χ4n) is 7.41. The standard InChI is InChI=1S/C48H50N2/c1-7-19-46-38(9-3)22-18-28-48(46)50(40-25-14-11-15-26-40)42-30-32-44(37(6)34-42)43-31-29-41(33-36(43)5)49(39-23-12-10-13-24-39)47(20-8-2)45-27-17-16-21-35(45)4/h7,9-14,16-19,21,23-25,27-34,38H,3-4,8,15,20,22,26H2,1-2,5-6H3/b19-7-,47-45+. The van der Waals surface area contributed by atoms with Crippen LogP contribution in [0.1, 0.15) is 57.1 Å². The first-order chi connectivity index (χ1) is 24.4. The van der Waals surface area contributed by atoms with E-state index in [1.165, 1.54) is 55.8 Å². The highest BCUT2D eigenvalue weighted by Crippen LogP contribution is 2.40. The summed E-state index contributed by atoms with van der Waals surface area (Å²) < 4.78 is 0. The molecule has 4 aromatic carbocycles. The summed E-state index contributed by atoms with van der Waals surface area (Å²) >= 11 is 0. The third kappa shape index (κ3) is 7.16. The van der Waals surface area contributed by atoms with Gasteiger partial charge in [-0.05, 0) is 128 Å². The van der Waals surface area contributed by atoms with Crippen LogP contribution in [0.5, 0.6) is 0 Å². The molecule has 0 aliphatic heterocycles. The first-order valence-corrected chi connectivity index (χ1v) is 18.1. The van der Waals surface area contributed by atoms with Crippen LogP contribution in [0.3, 0.4) is 0 Å². The number of benzene rings is 4. The van der Waals surface area contributed by atoms with E-state index in [1.807, 2.05) is 0 Å². The van der Waals surface area contributed by atoms with Crippen molar-refractivity contribution < 1.29 is 0 Å². The van der Waals surface area contributed by atoms with E-state index < -0.39 is 0 Å². The van der Waals surface area contributed by atoms with Gasteiger partial charge in [0.15, 0.2) is 0 Å². The minimum atomic E-state index is 0.294. The maximum atomic E-state index is 4.40. The van der Waals surface area contributed by atoms with Crippen LogP contribution in [0, 0.1) is 19.8 Å². The molecule has 0 saturated heterocycles. The minimum Gasteiger partial charge on any atom is -0.314 e. The van der Waals surface area contributed by atoms with Gasteiger partial charge >= 0.3 is 0 Å². The molecule has 0 bridgehead atoms. The molecule has 2 aliphatic rings. The third-order valence-corrected chi connectivity index (χ3v) is 9.84. The Bertz CT molecular complexity index is 2120. The molecule has 0 heterocycles. The maximum Gasteiger partial charge on any atom is 0.0493 e. The topological polar surface area (TPSA) is 6.48 Å². The van der Waals surface area contributed by atoms with Gasteiger partial charge in [-0.25, -0.2) is 0 Å². The normalized spacial score (nSPS) is 16.4. The van der Waals surface area contributed by atoms with Crippen molar-refractivity contribution in [1.29, 1.82) is 0 Å². The van der Waals surface area contributed by atoms with Gasteiger partial charge in [-0.3, -0.25) is 0 Å². The highest BCUT2D eigenvalue weighted by molar-refractivity contribution is 5.83. The molecule has 2 nitrogen and oxygen atoms in total. The van der Waals surface area contributed by atoms with Gasteiger partial charge in [0, 0.05) is 45.3 Å². The Kier molecular flexibility index (Phi) is 11.0. The molecule has 0 saturated carbocycles. The quantitative estimate of drug-likeness (QED) is 0.149. The van der Waals surface area contributed by atoms with E-state index in [-0.39, 0.29) is 0 Å². The van der Waals surface area contributed by atoms with E-state index in [4.69, 9.17) is 0 Å². The largest absolute Gasteiger partial charge is 0.314 e. The van der Waals surface area contributed by atoms with Gasteiger partial charge in [0.25, 0.3) is 0 Å². The molecule has 2 heteroatoms. The lowest BCUT2D eigenvalue weighted by molar-refractivity contribution is 0.762. The van der Waals surface area contributed by atoms with E-state index in [9.17, 15) is 0 Å². The number of para-hydroxylation sites is 1. The van der Waals surface area contributed by atoms with Crippen LogP contribution in [0.15, 0.2) is 163 Å². The minimum absolute atomic E-state index is 0.294. The molecule has 6 rings (SSSR count). The number of anilines is 3. The predicted octanol–water partition coefficient (Wildman–Crippen LogP) is 11.8. The Morgan fingerprint density at radius 2 is 1.54 bits per heavy atom. The Morgan fingerprint density at radius 3 is 2.18 bits per heavy atom. The summed E-state index contributed by atoms with van der Waals surface area (Å²) in [6, 6.07) is 33.1. The van der Waals surface area contributed by atoms with Crippen LogP contribution >= 0.6 is 0 Å². The fraction of sp³-hybridized carbons (Fsp3) is 0.208. The number of nitrogens with zero attached hydrogens (tertiary/aromatic N) is 2. The Hall–Kier alpha value is -5.34. The molecule has 0 aromatic heterocycles. The molecule has 0 amide bonds. The second-order valence-electron chi connectivity index (χ2n) is 13.3. The zero-order chi connectivity index (χ0) is 35.0. The fourth-order valence-corrected chi connectivity index (χ4v) is 7.41. The molecule has 4 aromatic rings. The van der Waals surface area contributed by atoms with Crippen LogP contribution in [-0.2, 0) is 0 Å². The van der Waals surface area contributed by atoms with Crippen LogP contribution in [0.2, 0.25) is 0 Å². The average Bonchev–Trinajstić information content (AvgIpc) is 3.14. The first-order valence-electron chi connectivity index (χ1n) is 18.1. The summed E-state index contributed by atoms with van der Waals surface area (Å²) in [6.07, 6.45) is 22.8.